The molecule has 0 unspecified atom stereocenters. The Morgan fingerprint density at radius 3 is 2.15 bits per heavy atom. The van der Waals surface area contributed by atoms with Crippen LogP contribution >= 0.6 is 0 Å². The third kappa shape index (κ3) is 10.0. The highest BCUT2D eigenvalue weighted by molar-refractivity contribution is 7.90. The highest BCUT2D eigenvalue weighted by Gasteiger charge is 2.27. The van der Waals surface area contributed by atoms with Crippen molar-refractivity contribution in [3.63, 3.8) is 0 Å². The second-order valence-corrected chi connectivity index (χ2v) is 8.73. The van der Waals surface area contributed by atoms with Crippen molar-refractivity contribution in [3.05, 3.63) is 0 Å². The number of hydrogen-bond acceptors (Lipinski definition) is 5. The molecule has 0 saturated carbocycles. The van der Waals surface area contributed by atoms with Crippen molar-refractivity contribution < 1.29 is 23.1 Å². The van der Waals surface area contributed by atoms with E-state index in [9.17, 15) is 18.3 Å². The Kier molecular flexibility index (Phi) is 6.97. The van der Waals surface area contributed by atoms with E-state index in [0.29, 0.717) is 6.42 Å². The molecule has 0 aromatic carbocycles. The first-order valence-electron chi connectivity index (χ1n) is 6.65. The van der Waals surface area contributed by atoms with Gasteiger partial charge in [-0.1, -0.05) is 13.8 Å². The summed E-state index contributed by atoms with van der Waals surface area (Å²) >= 11 is 0. The van der Waals surface area contributed by atoms with Crippen LogP contribution in [0.4, 0.5) is 4.79 Å². The number of alkyl carbamates (subject to hydrolysis) is 1. The van der Waals surface area contributed by atoms with Gasteiger partial charge in [-0.05, 0) is 33.1 Å². The van der Waals surface area contributed by atoms with E-state index in [1.807, 2.05) is 13.8 Å². The molecule has 0 fully saturated rings. The summed E-state index contributed by atoms with van der Waals surface area (Å²) in [6.45, 7) is 9.05. The van der Waals surface area contributed by atoms with E-state index in [0.717, 1.165) is 6.26 Å². The van der Waals surface area contributed by atoms with E-state index in [-0.39, 0.29) is 11.7 Å². The fourth-order valence-corrected chi connectivity index (χ4v) is 2.56. The second-order valence-electron chi connectivity index (χ2n) is 6.54. The van der Waals surface area contributed by atoms with Gasteiger partial charge >= 0.3 is 6.09 Å². The molecule has 0 aliphatic rings. The Morgan fingerprint density at radius 1 is 1.30 bits per heavy atom. The van der Waals surface area contributed by atoms with Crippen LogP contribution in [0.1, 0.15) is 41.0 Å². The second kappa shape index (κ2) is 7.26. The van der Waals surface area contributed by atoms with Crippen LogP contribution in [-0.2, 0) is 14.6 Å². The van der Waals surface area contributed by atoms with Gasteiger partial charge in [-0.15, -0.1) is 0 Å². The fourth-order valence-electron chi connectivity index (χ4n) is 1.71. The van der Waals surface area contributed by atoms with Crippen molar-refractivity contribution in [2.45, 2.75) is 58.8 Å². The van der Waals surface area contributed by atoms with Gasteiger partial charge in [-0.25, -0.2) is 13.2 Å². The predicted octanol–water partition coefficient (Wildman–Crippen LogP) is 1.33. The predicted molar refractivity (Wildman–Crippen MR) is 78.3 cm³/mol. The summed E-state index contributed by atoms with van der Waals surface area (Å²) in [5, 5.41) is 12.5. The van der Waals surface area contributed by atoms with E-state index < -0.39 is 33.7 Å². The van der Waals surface area contributed by atoms with Crippen molar-refractivity contribution >= 4 is 15.9 Å². The molecule has 6 nitrogen and oxygen atoms in total. The molecule has 1 amide bonds. The largest absolute Gasteiger partial charge is 0.444 e. The van der Waals surface area contributed by atoms with Crippen molar-refractivity contribution in [1.29, 1.82) is 0 Å². The zero-order valence-electron chi connectivity index (χ0n) is 13.1. The fraction of sp³-hybridized carbons (Fsp3) is 0.923. The first-order chi connectivity index (χ1) is 8.80. The summed E-state index contributed by atoms with van der Waals surface area (Å²) in [6.07, 6.45) is -0.290. The highest BCUT2D eigenvalue weighted by Crippen LogP contribution is 2.12. The molecule has 0 rings (SSSR count). The average molecular weight is 309 g/mol. The summed E-state index contributed by atoms with van der Waals surface area (Å²) in [7, 11) is -3.32. The number of carbonyl (C=O) groups excluding carboxylic acids is 1. The molecular weight excluding hydrogens is 282 g/mol. The van der Waals surface area contributed by atoms with Gasteiger partial charge < -0.3 is 15.2 Å². The number of nitrogens with one attached hydrogen (secondary N) is 1. The minimum absolute atomic E-state index is 0.198. The number of sulfone groups is 1. The van der Waals surface area contributed by atoms with E-state index in [1.165, 1.54) is 0 Å². The first-order valence-corrected chi connectivity index (χ1v) is 8.71. The number of amides is 1. The maximum absolute atomic E-state index is 11.7. The minimum Gasteiger partial charge on any atom is -0.444 e. The van der Waals surface area contributed by atoms with E-state index in [4.69, 9.17) is 4.74 Å². The maximum Gasteiger partial charge on any atom is 0.407 e. The minimum atomic E-state index is -3.32. The van der Waals surface area contributed by atoms with Crippen LogP contribution in [0, 0.1) is 5.92 Å². The summed E-state index contributed by atoms with van der Waals surface area (Å²) in [6, 6.07) is -0.653. The van der Waals surface area contributed by atoms with Crippen molar-refractivity contribution in [2.24, 2.45) is 5.92 Å². The van der Waals surface area contributed by atoms with E-state index in [1.54, 1.807) is 20.8 Å². The van der Waals surface area contributed by atoms with Crippen molar-refractivity contribution in [2.75, 3.05) is 12.0 Å². The maximum atomic E-state index is 11.7. The molecule has 2 N–H and O–H groups in total. The van der Waals surface area contributed by atoms with Crippen molar-refractivity contribution in [1.82, 2.24) is 5.32 Å². The Labute approximate surface area is 121 Å². The first kappa shape index (κ1) is 19.2. The molecule has 2 atom stereocenters. The van der Waals surface area contributed by atoms with E-state index in [2.05, 4.69) is 5.32 Å². The molecule has 0 bridgehead atoms. The molecule has 120 valence electrons. The third-order valence-electron chi connectivity index (χ3n) is 2.37. The van der Waals surface area contributed by atoms with Crippen LogP contribution in [0.15, 0.2) is 0 Å². The van der Waals surface area contributed by atoms with Gasteiger partial charge in [-0.3, -0.25) is 0 Å². The van der Waals surface area contributed by atoms with Gasteiger partial charge in [0.25, 0.3) is 0 Å². The van der Waals surface area contributed by atoms with Gasteiger partial charge in [0, 0.05) is 6.26 Å². The number of ether oxygens (including phenoxy) is 1. The zero-order chi connectivity index (χ0) is 16.1. The molecular formula is C13H27NO5S. The molecule has 0 heterocycles. The smallest absolute Gasteiger partial charge is 0.407 e. The normalized spacial score (nSPS) is 15.8. The van der Waals surface area contributed by atoms with Gasteiger partial charge in [0.15, 0.2) is 0 Å². The summed E-state index contributed by atoms with van der Waals surface area (Å²) in [5.74, 6) is -0.190. The summed E-state index contributed by atoms with van der Waals surface area (Å²) in [4.78, 5) is 11.7. The topological polar surface area (TPSA) is 92.7 Å². The highest BCUT2D eigenvalue weighted by atomic mass is 32.2. The molecule has 0 aliphatic carbocycles. The quantitative estimate of drug-likeness (QED) is 0.772. The van der Waals surface area contributed by atoms with Crippen LogP contribution in [0.5, 0.6) is 0 Å². The standard InChI is InChI=1S/C13H27NO5S/c1-9(2)7-10(11(15)8-20(6,17)18)14-12(16)19-13(3,4)5/h9-11,15H,7-8H2,1-6H3,(H,14,16)/t10-,11+/m0/s1. The van der Waals surface area contributed by atoms with Gasteiger partial charge in [0.2, 0.25) is 0 Å². The zero-order valence-corrected chi connectivity index (χ0v) is 14.0. The summed E-state index contributed by atoms with van der Waals surface area (Å²) < 4.78 is 27.6. The lowest BCUT2D eigenvalue weighted by Crippen LogP contribution is -2.48. The lowest BCUT2D eigenvalue weighted by molar-refractivity contribution is 0.0424. The molecule has 0 radical (unpaired) electrons. The number of aliphatic hydroxyl groups is 1. The van der Waals surface area contributed by atoms with Crippen molar-refractivity contribution in [3.8, 4) is 0 Å². The third-order valence-corrected chi connectivity index (χ3v) is 3.31. The summed E-state index contributed by atoms with van der Waals surface area (Å²) in [5.41, 5.74) is -0.645. The van der Waals surface area contributed by atoms with Gasteiger partial charge in [-0.2, -0.15) is 0 Å². The van der Waals surface area contributed by atoms with Crippen LogP contribution in [0.3, 0.4) is 0 Å². The SMILES string of the molecule is CC(C)C[C@H](NC(=O)OC(C)(C)C)[C@H](O)CS(C)(=O)=O. The van der Waals surface area contributed by atoms with E-state index >= 15 is 0 Å². The van der Waals surface area contributed by atoms with Crippen LogP contribution < -0.4 is 5.32 Å². The molecule has 0 aromatic rings. The lowest BCUT2D eigenvalue weighted by Gasteiger charge is -2.27. The van der Waals surface area contributed by atoms with Crippen LogP contribution in [0.25, 0.3) is 0 Å². The van der Waals surface area contributed by atoms with Crippen LogP contribution in [0.2, 0.25) is 0 Å². The van der Waals surface area contributed by atoms with Gasteiger partial charge in [0.05, 0.1) is 17.9 Å². The molecule has 0 aliphatic heterocycles. The average Bonchev–Trinajstić information content (AvgIpc) is 2.09. The number of aliphatic hydroxyl groups excluding tert-OH is 1. The van der Waals surface area contributed by atoms with Gasteiger partial charge in [0.1, 0.15) is 15.4 Å². The molecule has 0 spiro atoms. The lowest BCUT2D eigenvalue weighted by atomic mass is 10.0. The Morgan fingerprint density at radius 2 is 1.80 bits per heavy atom. The molecule has 7 heteroatoms. The molecule has 20 heavy (non-hydrogen) atoms. The Balaban J connectivity index is 4.76. The monoisotopic (exact) mass is 309 g/mol. The number of hydrogen-bond donors (Lipinski definition) is 2. The molecule has 0 saturated heterocycles. The number of rotatable bonds is 6. The van der Waals surface area contributed by atoms with Crippen LogP contribution in [-0.4, -0.2) is 49.4 Å². The number of carbonyl (C=O) groups is 1. The Hall–Kier alpha value is -0.820. The molecule has 0 aromatic heterocycles. The Bertz CT molecular complexity index is 411.